The summed E-state index contributed by atoms with van der Waals surface area (Å²) < 4.78 is 7.69. The third-order valence-corrected chi connectivity index (χ3v) is 6.08. The first-order valence-corrected chi connectivity index (χ1v) is 11.5. The standard InChI is InChI=1S/C26H37N3O3/c1-7-32-22-10-8-21(9-11-22)17-25(31)28-14-12-27(13-15-28)18-24(30)23-16-19(2)29(20(23)3)26(4,5)6/h8-11,16H,7,12-15,17-18H2,1-6H3. The molecule has 6 nitrogen and oxygen atoms in total. The number of nitrogens with zero attached hydrogens (tertiary/aromatic N) is 3. The van der Waals surface area contributed by atoms with Gasteiger partial charge in [-0.25, -0.2) is 0 Å². The van der Waals surface area contributed by atoms with Crippen LogP contribution >= 0.6 is 0 Å². The normalized spacial score (nSPS) is 15.1. The Balaban J connectivity index is 1.52. The predicted octanol–water partition coefficient (Wildman–Crippen LogP) is 3.83. The molecule has 174 valence electrons. The third kappa shape index (κ3) is 5.60. The molecule has 2 heterocycles. The molecule has 0 N–H and O–H groups in total. The summed E-state index contributed by atoms with van der Waals surface area (Å²) in [5, 5.41) is 0. The average Bonchev–Trinajstić information content (AvgIpc) is 3.04. The molecule has 1 aliphatic heterocycles. The number of amides is 1. The van der Waals surface area contributed by atoms with Crippen LogP contribution in [-0.2, 0) is 16.8 Å². The molecule has 0 unspecified atom stereocenters. The second-order valence-electron chi connectivity index (χ2n) is 9.62. The molecule has 0 saturated carbocycles. The van der Waals surface area contributed by atoms with Crippen molar-refractivity contribution in [2.24, 2.45) is 0 Å². The first kappa shape index (κ1) is 24.1. The van der Waals surface area contributed by atoms with E-state index in [0.29, 0.717) is 32.7 Å². The predicted molar refractivity (Wildman–Crippen MR) is 128 cm³/mol. The lowest BCUT2D eigenvalue weighted by molar-refractivity contribution is -0.132. The molecule has 1 saturated heterocycles. The Labute approximate surface area is 192 Å². The molecular formula is C26H37N3O3. The molecule has 0 spiro atoms. The summed E-state index contributed by atoms with van der Waals surface area (Å²) in [5.41, 5.74) is 3.89. The molecule has 0 bridgehead atoms. The van der Waals surface area contributed by atoms with Gasteiger partial charge in [-0.15, -0.1) is 0 Å². The molecule has 2 aromatic rings. The van der Waals surface area contributed by atoms with Crippen LogP contribution < -0.4 is 4.74 Å². The lowest BCUT2D eigenvalue weighted by Gasteiger charge is -2.34. The van der Waals surface area contributed by atoms with Gasteiger partial charge in [0.2, 0.25) is 5.91 Å². The number of aryl methyl sites for hydroxylation is 1. The summed E-state index contributed by atoms with van der Waals surface area (Å²) in [4.78, 5) is 29.8. The van der Waals surface area contributed by atoms with Gasteiger partial charge < -0.3 is 14.2 Å². The Bertz CT molecular complexity index is 946. The van der Waals surface area contributed by atoms with Crippen molar-refractivity contribution in [2.45, 2.75) is 53.5 Å². The topological polar surface area (TPSA) is 54.8 Å². The Morgan fingerprint density at radius 3 is 2.16 bits per heavy atom. The van der Waals surface area contributed by atoms with E-state index in [-0.39, 0.29) is 17.2 Å². The molecule has 1 aromatic heterocycles. The van der Waals surface area contributed by atoms with Crippen molar-refractivity contribution >= 4 is 11.7 Å². The minimum atomic E-state index is -0.0535. The van der Waals surface area contributed by atoms with Crippen molar-refractivity contribution in [3.05, 3.63) is 52.8 Å². The van der Waals surface area contributed by atoms with E-state index in [4.69, 9.17) is 4.74 Å². The minimum Gasteiger partial charge on any atom is -0.494 e. The highest BCUT2D eigenvalue weighted by Crippen LogP contribution is 2.25. The minimum absolute atomic E-state index is 0.0535. The molecule has 0 aliphatic carbocycles. The number of carbonyl (C=O) groups is 2. The number of aromatic nitrogens is 1. The molecular weight excluding hydrogens is 402 g/mol. The van der Waals surface area contributed by atoms with E-state index >= 15 is 0 Å². The molecule has 3 rings (SSSR count). The van der Waals surface area contributed by atoms with Crippen LogP contribution in [0.1, 0.15) is 55.0 Å². The lowest BCUT2D eigenvalue weighted by Crippen LogP contribution is -2.50. The van der Waals surface area contributed by atoms with Crippen LogP contribution in [0.2, 0.25) is 0 Å². The molecule has 1 aliphatic rings. The molecule has 6 heteroatoms. The second kappa shape index (κ2) is 9.90. The van der Waals surface area contributed by atoms with Crippen LogP contribution in [0.4, 0.5) is 0 Å². The monoisotopic (exact) mass is 439 g/mol. The van der Waals surface area contributed by atoms with E-state index in [9.17, 15) is 9.59 Å². The highest BCUT2D eigenvalue weighted by atomic mass is 16.5. The molecule has 1 fully saturated rings. The fourth-order valence-corrected chi connectivity index (χ4v) is 4.68. The summed E-state index contributed by atoms with van der Waals surface area (Å²) in [6.07, 6.45) is 0.393. The van der Waals surface area contributed by atoms with E-state index < -0.39 is 0 Å². The summed E-state index contributed by atoms with van der Waals surface area (Å²) in [6.45, 7) is 16.3. The maximum atomic E-state index is 13.0. The highest BCUT2D eigenvalue weighted by Gasteiger charge is 2.26. The van der Waals surface area contributed by atoms with Gasteiger partial charge >= 0.3 is 0 Å². The summed E-state index contributed by atoms with van der Waals surface area (Å²) in [5.74, 6) is 1.11. The van der Waals surface area contributed by atoms with Crippen molar-refractivity contribution in [3.63, 3.8) is 0 Å². The van der Waals surface area contributed by atoms with E-state index in [0.717, 1.165) is 41.4 Å². The molecule has 0 atom stereocenters. The van der Waals surface area contributed by atoms with Gasteiger partial charge in [0.1, 0.15) is 5.75 Å². The summed E-state index contributed by atoms with van der Waals surface area (Å²) in [7, 11) is 0. The zero-order chi connectivity index (χ0) is 23.5. The number of Topliss-reactive ketones (excluding diaryl/α,β-unsaturated/α-hetero) is 1. The van der Waals surface area contributed by atoms with Crippen molar-refractivity contribution in [1.82, 2.24) is 14.4 Å². The number of rotatable bonds is 7. The summed E-state index contributed by atoms with van der Waals surface area (Å²) >= 11 is 0. The van der Waals surface area contributed by atoms with E-state index in [1.54, 1.807) is 0 Å². The zero-order valence-electron chi connectivity index (χ0n) is 20.4. The fourth-order valence-electron chi connectivity index (χ4n) is 4.68. The molecule has 32 heavy (non-hydrogen) atoms. The lowest BCUT2D eigenvalue weighted by atomic mass is 10.1. The zero-order valence-corrected chi connectivity index (χ0v) is 20.4. The van der Waals surface area contributed by atoms with Gasteiger partial charge in [-0.2, -0.15) is 0 Å². The highest BCUT2D eigenvalue weighted by molar-refractivity contribution is 5.99. The Kier molecular flexibility index (Phi) is 7.44. The van der Waals surface area contributed by atoms with Crippen LogP contribution in [0.25, 0.3) is 0 Å². The fraction of sp³-hybridized carbons (Fsp3) is 0.538. The van der Waals surface area contributed by atoms with E-state index in [1.807, 2.05) is 49.1 Å². The average molecular weight is 440 g/mol. The van der Waals surface area contributed by atoms with Crippen LogP contribution in [-0.4, -0.2) is 65.4 Å². The Morgan fingerprint density at radius 2 is 1.62 bits per heavy atom. The Morgan fingerprint density at radius 1 is 1.00 bits per heavy atom. The van der Waals surface area contributed by atoms with Crippen LogP contribution in [0.5, 0.6) is 5.75 Å². The van der Waals surface area contributed by atoms with E-state index in [1.165, 1.54) is 0 Å². The number of carbonyl (C=O) groups excluding carboxylic acids is 2. The second-order valence-corrected chi connectivity index (χ2v) is 9.62. The molecule has 0 radical (unpaired) electrons. The first-order valence-electron chi connectivity index (χ1n) is 11.5. The van der Waals surface area contributed by atoms with Crippen LogP contribution in [0.15, 0.2) is 30.3 Å². The SMILES string of the molecule is CCOc1ccc(CC(=O)N2CCN(CC(=O)c3cc(C)n(C(C)(C)C)c3C)CC2)cc1. The van der Waals surface area contributed by atoms with Gasteiger partial charge in [0.15, 0.2) is 5.78 Å². The number of hydrogen-bond donors (Lipinski definition) is 0. The number of benzene rings is 1. The van der Waals surface area contributed by atoms with Gasteiger partial charge in [-0.05, 0) is 65.3 Å². The van der Waals surface area contributed by atoms with Crippen molar-refractivity contribution in [3.8, 4) is 5.75 Å². The number of ketones is 1. The third-order valence-electron chi connectivity index (χ3n) is 6.08. The molecule has 1 aromatic carbocycles. The van der Waals surface area contributed by atoms with Crippen LogP contribution in [0, 0.1) is 13.8 Å². The van der Waals surface area contributed by atoms with Crippen molar-refractivity contribution in [1.29, 1.82) is 0 Å². The van der Waals surface area contributed by atoms with Gasteiger partial charge in [-0.3, -0.25) is 14.5 Å². The van der Waals surface area contributed by atoms with Crippen molar-refractivity contribution in [2.75, 3.05) is 39.3 Å². The molecule has 1 amide bonds. The number of hydrogen-bond acceptors (Lipinski definition) is 4. The smallest absolute Gasteiger partial charge is 0.227 e. The Hall–Kier alpha value is -2.60. The first-order chi connectivity index (χ1) is 15.1. The van der Waals surface area contributed by atoms with Gasteiger partial charge in [-0.1, -0.05) is 12.1 Å². The van der Waals surface area contributed by atoms with Crippen molar-refractivity contribution < 1.29 is 14.3 Å². The van der Waals surface area contributed by atoms with Gasteiger partial charge in [0.05, 0.1) is 19.6 Å². The number of piperazine rings is 1. The number of ether oxygens (including phenoxy) is 1. The van der Waals surface area contributed by atoms with Crippen LogP contribution in [0.3, 0.4) is 0 Å². The maximum absolute atomic E-state index is 13.0. The van der Waals surface area contributed by atoms with Gasteiger partial charge in [0.25, 0.3) is 0 Å². The maximum Gasteiger partial charge on any atom is 0.227 e. The quantitative estimate of drug-likeness (QED) is 0.616. The largest absolute Gasteiger partial charge is 0.494 e. The summed E-state index contributed by atoms with van der Waals surface area (Å²) in [6, 6.07) is 9.73. The van der Waals surface area contributed by atoms with Gasteiger partial charge in [0, 0.05) is 48.7 Å². The van der Waals surface area contributed by atoms with E-state index in [2.05, 4.69) is 37.2 Å².